The number of phenols is 1. The predicted octanol–water partition coefficient (Wildman–Crippen LogP) is 2.84. The molecule has 0 amide bonds. The fraction of sp³-hybridized carbons (Fsp3) is 0.474. The van der Waals surface area contributed by atoms with E-state index in [1.807, 2.05) is 32.0 Å². The molecule has 0 spiro atoms. The Hall–Kier alpha value is -1.98. The molecule has 2 aromatic rings. The number of likely N-dealkylation sites (tertiary alicyclic amines) is 1. The highest BCUT2D eigenvalue weighted by atomic mass is 16.3. The number of rotatable bonds is 3. The molecule has 1 aromatic carbocycles. The van der Waals surface area contributed by atoms with E-state index in [1.54, 1.807) is 6.07 Å². The number of piperidine rings is 1. The van der Waals surface area contributed by atoms with E-state index in [-0.39, 0.29) is 11.7 Å². The van der Waals surface area contributed by atoms with E-state index in [2.05, 4.69) is 22.1 Å². The van der Waals surface area contributed by atoms with Crippen molar-refractivity contribution in [3.8, 4) is 17.0 Å². The molecule has 1 saturated heterocycles. The van der Waals surface area contributed by atoms with Crippen LogP contribution in [0.1, 0.15) is 35.8 Å². The summed E-state index contributed by atoms with van der Waals surface area (Å²) in [6.45, 7) is 5.83. The topological polar surface area (TPSA) is 69.5 Å². The quantitative estimate of drug-likeness (QED) is 0.907. The third-order valence-corrected chi connectivity index (χ3v) is 4.82. The highest BCUT2D eigenvalue weighted by Crippen LogP contribution is 2.33. The molecule has 0 unspecified atom stereocenters. The van der Waals surface area contributed by atoms with Crippen molar-refractivity contribution in [2.45, 2.75) is 32.8 Å². The van der Waals surface area contributed by atoms with Gasteiger partial charge in [0.1, 0.15) is 11.9 Å². The van der Waals surface area contributed by atoms with Gasteiger partial charge >= 0.3 is 0 Å². The van der Waals surface area contributed by atoms with Crippen molar-refractivity contribution in [1.82, 2.24) is 15.1 Å². The van der Waals surface area contributed by atoms with Gasteiger partial charge in [-0.25, -0.2) is 0 Å². The molecule has 1 aliphatic heterocycles. The summed E-state index contributed by atoms with van der Waals surface area (Å²) in [4.78, 5) is 2.25. The fourth-order valence-electron chi connectivity index (χ4n) is 3.46. The third kappa shape index (κ3) is 3.42. The first kappa shape index (κ1) is 16.9. The molecule has 3 rings (SSSR count). The number of aromatic hydroxyl groups is 1. The normalized spacial score (nSPS) is 20.1. The molecule has 2 atom stereocenters. The van der Waals surface area contributed by atoms with Gasteiger partial charge in [0.15, 0.2) is 0 Å². The molecule has 5 nitrogen and oxygen atoms in total. The van der Waals surface area contributed by atoms with Gasteiger partial charge in [0.05, 0.1) is 11.4 Å². The van der Waals surface area contributed by atoms with Crippen molar-refractivity contribution in [2.24, 2.45) is 5.92 Å². The molecule has 128 valence electrons. The Kier molecular flexibility index (Phi) is 4.83. The lowest BCUT2D eigenvalue weighted by Crippen LogP contribution is -2.35. The summed E-state index contributed by atoms with van der Waals surface area (Å²) in [7, 11) is 2.08. The van der Waals surface area contributed by atoms with Gasteiger partial charge in [-0.05, 0) is 69.6 Å². The van der Waals surface area contributed by atoms with E-state index < -0.39 is 6.10 Å². The van der Waals surface area contributed by atoms with Crippen LogP contribution < -0.4 is 0 Å². The van der Waals surface area contributed by atoms with Crippen molar-refractivity contribution in [2.75, 3.05) is 20.1 Å². The number of phenolic OH excluding ortho intramolecular Hbond substituents is 1. The van der Waals surface area contributed by atoms with Gasteiger partial charge in [-0.1, -0.05) is 6.07 Å². The number of aliphatic hydroxyl groups excluding tert-OH is 1. The minimum atomic E-state index is -0.598. The second-order valence-corrected chi connectivity index (χ2v) is 6.93. The Morgan fingerprint density at radius 2 is 2.00 bits per heavy atom. The molecule has 0 saturated carbocycles. The molecule has 0 radical (unpaired) electrons. The lowest BCUT2D eigenvalue weighted by Gasteiger charge is -2.32. The Labute approximate surface area is 143 Å². The zero-order valence-electron chi connectivity index (χ0n) is 14.5. The average Bonchev–Trinajstić information content (AvgIpc) is 2.55. The van der Waals surface area contributed by atoms with Gasteiger partial charge in [0, 0.05) is 18.0 Å². The first-order valence-corrected chi connectivity index (χ1v) is 8.46. The number of hydrogen-bond acceptors (Lipinski definition) is 5. The minimum absolute atomic E-state index is 0.191. The summed E-state index contributed by atoms with van der Waals surface area (Å²) in [5.74, 6) is 0.394. The van der Waals surface area contributed by atoms with Gasteiger partial charge in [-0.15, -0.1) is 5.10 Å². The summed E-state index contributed by atoms with van der Waals surface area (Å²) in [5.41, 5.74) is 3.84. The van der Waals surface area contributed by atoms with Crippen LogP contribution in [-0.4, -0.2) is 45.4 Å². The first-order valence-electron chi connectivity index (χ1n) is 8.46. The van der Waals surface area contributed by atoms with E-state index in [9.17, 15) is 10.2 Å². The maximum Gasteiger partial charge on any atom is 0.125 e. The van der Waals surface area contributed by atoms with Crippen molar-refractivity contribution in [3.63, 3.8) is 0 Å². The number of aryl methyl sites for hydroxylation is 2. The lowest BCUT2D eigenvalue weighted by atomic mass is 9.90. The standard InChI is InChI=1S/C19H25N3O2/c1-12-6-7-15(17(23)9-12)18-13(2)10-16(20-21-18)19(24)14-5-4-8-22(3)11-14/h6-7,9-10,14,19,23-24H,4-5,8,11H2,1-3H3/t14-,19+/m1/s1. The largest absolute Gasteiger partial charge is 0.507 e. The first-order chi connectivity index (χ1) is 11.5. The average molecular weight is 327 g/mol. The Bertz CT molecular complexity index is 733. The molecule has 1 aromatic heterocycles. The Morgan fingerprint density at radius 3 is 2.67 bits per heavy atom. The summed E-state index contributed by atoms with van der Waals surface area (Å²) in [6, 6.07) is 7.41. The van der Waals surface area contributed by atoms with Crippen LogP contribution in [0.5, 0.6) is 5.75 Å². The molecule has 1 fully saturated rings. The third-order valence-electron chi connectivity index (χ3n) is 4.82. The summed E-state index contributed by atoms with van der Waals surface area (Å²) in [5, 5.41) is 29.4. The highest BCUT2D eigenvalue weighted by molar-refractivity contribution is 5.69. The summed E-state index contributed by atoms with van der Waals surface area (Å²) in [6.07, 6.45) is 1.51. The van der Waals surface area contributed by atoms with E-state index in [0.717, 1.165) is 37.1 Å². The van der Waals surface area contributed by atoms with Crippen LogP contribution in [0.4, 0.5) is 0 Å². The number of nitrogens with zero attached hydrogens (tertiary/aromatic N) is 3. The van der Waals surface area contributed by atoms with Gasteiger partial charge in [-0.2, -0.15) is 5.10 Å². The molecule has 2 N–H and O–H groups in total. The van der Waals surface area contributed by atoms with Gasteiger partial charge in [0.2, 0.25) is 0 Å². The van der Waals surface area contributed by atoms with Gasteiger partial charge < -0.3 is 15.1 Å². The zero-order valence-corrected chi connectivity index (χ0v) is 14.5. The van der Waals surface area contributed by atoms with Crippen molar-refractivity contribution < 1.29 is 10.2 Å². The van der Waals surface area contributed by atoms with Crippen molar-refractivity contribution in [3.05, 3.63) is 41.1 Å². The monoisotopic (exact) mass is 327 g/mol. The molecular formula is C19H25N3O2. The van der Waals surface area contributed by atoms with Crippen LogP contribution in [0, 0.1) is 19.8 Å². The molecule has 24 heavy (non-hydrogen) atoms. The van der Waals surface area contributed by atoms with E-state index >= 15 is 0 Å². The Morgan fingerprint density at radius 1 is 1.21 bits per heavy atom. The highest BCUT2D eigenvalue weighted by Gasteiger charge is 2.27. The number of hydrogen-bond donors (Lipinski definition) is 2. The molecule has 5 heteroatoms. The molecule has 2 heterocycles. The molecular weight excluding hydrogens is 302 g/mol. The Balaban J connectivity index is 1.86. The smallest absolute Gasteiger partial charge is 0.125 e. The zero-order chi connectivity index (χ0) is 17.3. The fourth-order valence-corrected chi connectivity index (χ4v) is 3.46. The predicted molar refractivity (Wildman–Crippen MR) is 93.8 cm³/mol. The van der Waals surface area contributed by atoms with Crippen LogP contribution in [0.25, 0.3) is 11.3 Å². The van der Waals surface area contributed by atoms with Crippen LogP contribution in [0.3, 0.4) is 0 Å². The van der Waals surface area contributed by atoms with Crippen LogP contribution >= 0.6 is 0 Å². The molecule has 0 bridgehead atoms. The summed E-state index contributed by atoms with van der Waals surface area (Å²) < 4.78 is 0. The SMILES string of the molecule is Cc1ccc(-c2nnc([C@@H](O)[C@@H]3CCCN(C)C3)cc2C)c(O)c1. The number of aliphatic hydroxyl groups is 1. The maximum atomic E-state index is 10.7. The maximum absolute atomic E-state index is 10.7. The van der Waals surface area contributed by atoms with Crippen LogP contribution in [0.2, 0.25) is 0 Å². The van der Waals surface area contributed by atoms with Gasteiger partial charge in [-0.3, -0.25) is 0 Å². The second kappa shape index (κ2) is 6.87. The number of aromatic nitrogens is 2. The minimum Gasteiger partial charge on any atom is -0.507 e. The van der Waals surface area contributed by atoms with Crippen molar-refractivity contribution >= 4 is 0 Å². The van der Waals surface area contributed by atoms with Crippen molar-refractivity contribution in [1.29, 1.82) is 0 Å². The molecule has 1 aliphatic rings. The molecule has 0 aliphatic carbocycles. The van der Waals surface area contributed by atoms with Crippen LogP contribution in [0.15, 0.2) is 24.3 Å². The van der Waals surface area contributed by atoms with Crippen LogP contribution in [-0.2, 0) is 0 Å². The lowest BCUT2D eigenvalue weighted by molar-refractivity contribution is 0.0556. The van der Waals surface area contributed by atoms with E-state index in [0.29, 0.717) is 17.0 Å². The van der Waals surface area contributed by atoms with Gasteiger partial charge in [0.25, 0.3) is 0 Å². The second-order valence-electron chi connectivity index (χ2n) is 6.93. The van der Waals surface area contributed by atoms with E-state index in [1.165, 1.54) is 0 Å². The van der Waals surface area contributed by atoms with E-state index in [4.69, 9.17) is 0 Å². The number of benzene rings is 1. The summed E-state index contributed by atoms with van der Waals surface area (Å²) >= 11 is 0.